The number of anilines is 1. The van der Waals surface area contributed by atoms with Crippen molar-refractivity contribution in [3.8, 4) is 0 Å². The summed E-state index contributed by atoms with van der Waals surface area (Å²) < 4.78 is 5.44. The van der Waals surface area contributed by atoms with Gasteiger partial charge in [-0.3, -0.25) is 0 Å². The molecule has 2 atom stereocenters. The van der Waals surface area contributed by atoms with Crippen LogP contribution in [0.4, 0.5) is 5.69 Å². The maximum absolute atomic E-state index is 9.19. The molecule has 0 spiro atoms. The summed E-state index contributed by atoms with van der Waals surface area (Å²) in [5, 5.41) is 12.8. The Labute approximate surface area is 126 Å². The van der Waals surface area contributed by atoms with E-state index in [9.17, 15) is 5.11 Å². The van der Waals surface area contributed by atoms with E-state index in [0.29, 0.717) is 12.0 Å². The smallest absolute Gasteiger partial charge is 0.0642 e. The second-order valence-electron chi connectivity index (χ2n) is 5.78. The second-order valence-corrected chi connectivity index (χ2v) is 5.78. The van der Waals surface area contributed by atoms with E-state index >= 15 is 0 Å². The van der Waals surface area contributed by atoms with Crippen molar-refractivity contribution in [1.82, 2.24) is 5.32 Å². The van der Waals surface area contributed by atoms with E-state index in [-0.39, 0.29) is 6.61 Å². The molecule has 1 aliphatic carbocycles. The molecule has 0 bridgehead atoms. The maximum Gasteiger partial charge on any atom is 0.0642 e. The summed E-state index contributed by atoms with van der Waals surface area (Å²) in [4.78, 5) is 2.40. The van der Waals surface area contributed by atoms with Crippen LogP contribution in [0, 0.1) is 5.92 Å². The third kappa shape index (κ3) is 3.64. The van der Waals surface area contributed by atoms with Gasteiger partial charge in [0.25, 0.3) is 0 Å². The minimum atomic E-state index is 0.249. The Hall–Kier alpha value is -1.36. The van der Waals surface area contributed by atoms with Gasteiger partial charge in [0.2, 0.25) is 0 Å². The van der Waals surface area contributed by atoms with Crippen molar-refractivity contribution in [1.29, 1.82) is 0 Å². The predicted molar refractivity (Wildman–Crippen MR) is 84.4 cm³/mol. The minimum absolute atomic E-state index is 0.249. The summed E-state index contributed by atoms with van der Waals surface area (Å²) in [5.41, 5.74) is 2.65. The van der Waals surface area contributed by atoms with Crippen LogP contribution in [0.1, 0.15) is 12.0 Å². The van der Waals surface area contributed by atoms with Crippen LogP contribution in [-0.2, 0) is 11.3 Å². The molecular weight excluding hydrogens is 264 g/mol. The molecule has 4 heteroatoms. The van der Waals surface area contributed by atoms with Crippen molar-refractivity contribution in [2.45, 2.75) is 19.0 Å². The van der Waals surface area contributed by atoms with Gasteiger partial charge in [-0.1, -0.05) is 30.4 Å². The number of nitrogens with zero attached hydrogens (tertiary/aromatic N) is 1. The Morgan fingerprint density at radius 2 is 2.00 bits per heavy atom. The third-order valence-corrected chi connectivity index (χ3v) is 4.30. The largest absolute Gasteiger partial charge is 0.396 e. The van der Waals surface area contributed by atoms with E-state index in [2.05, 4.69) is 46.6 Å². The average Bonchev–Trinajstić information content (AvgIpc) is 3.02. The molecule has 1 aromatic carbocycles. The molecule has 21 heavy (non-hydrogen) atoms. The highest BCUT2D eigenvalue weighted by atomic mass is 16.5. The molecule has 1 heterocycles. The molecule has 0 radical (unpaired) electrons. The van der Waals surface area contributed by atoms with E-state index in [1.165, 1.54) is 11.3 Å². The Balaban J connectivity index is 1.61. The zero-order valence-corrected chi connectivity index (χ0v) is 12.4. The van der Waals surface area contributed by atoms with Crippen LogP contribution in [-0.4, -0.2) is 44.1 Å². The molecule has 3 rings (SSSR count). The maximum atomic E-state index is 9.19. The van der Waals surface area contributed by atoms with E-state index < -0.39 is 0 Å². The van der Waals surface area contributed by atoms with Crippen LogP contribution in [0.5, 0.6) is 0 Å². The van der Waals surface area contributed by atoms with Crippen molar-refractivity contribution in [3.05, 3.63) is 42.0 Å². The van der Waals surface area contributed by atoms with Gasteiger partial charge in [0.1, 0.15) is 0 Å². The fourth-order valence-corrected chi connectivity index (χ4v) is 3.08. The lowest BCUT2D eigenvalue weighted by atomic mass is 10.1. The van der Waals surface area contributed by atoms with Crippen LogP contribution >= 0.6 is 0 Å². The van der Waals surface area contributed by atoms with Gasteiger partial charge in [0.05, 0.1) is 13.2 Å². The number of ether oxygens (including phenoxy) is 1. The molecule has 114 valence electrons. The summed E-state index contributed by atoms with van der Waals surface area (Å²) in [6.07, 6.45) is 5.29. The van der Waals surface area contributed by atoms with E-state index in [0.717, 1.165) is 39.3 Å². The fraction of sp³-hybridized carbons (Fsp3) is 0.529. The second kappa shape index (κ2) is 7.07. The van der Waals surface area contributed by atoms with Gasteiger partial charge in [-0.25, -0.2) is 0 Å². The molecule has 2 aliphatic rings. The molecule has 1 aliphatic heterocycles. The zero-order valence-electron chi connectivity index (χ0n) is 12.4. The van der Waals surface area contributed by atoms with Crippen molar-refractivity contribution in [2.75, 3.05) is 37.8 Å². The quantitative estimate of drug-likeness (QED) is 0.807. The number of morpholine rings is 1. The van der Waals surface area contributed by atoms with Crippen LogP contribution in [0.25, 0.3) is 0 Å². The number of aliphatic hydroxyl groups is 1. The first-order valence-corrected chi connectivity index (χ1v) is 7.80. The zero-order chi connectivity index (χ0) is 14.5. The lowest BCUT2D eigenvalue weighted by molar-refractivity contribution is 0.122. The minimum Gasteiger partial charge on any atom is -0.396 e. The highest BCUT2D eigenvalue weighted by Gasteiger charge is 2.19. The monoisotopic (exact) mass is 288 g/mol. The van der Waals surface area contributed by atoms with Crippen LogP contribution in [0.2, 0.25) is 0 Å². The summed E-state index contributed by atoms with van der Waals surface area (Å²) >= 11 is 0. The molecule has 4 nitrogen and oxygen atoms in total. The summed E-state index contributed by atoms with van der Waals surface area (Å²) in [7, 11) is 0. The van der Waals surface area contributed by atoms with Gasteiger partial charge in [-0.15, -0.1) is 0 Å². The van der Waals surface area contributed by atoms with Crippen molar-refractivity contribution < 1.29 is 9.84 Å². The fourth-order valence-electron chi connectivity index (χ4n) is 3.08. The number of benzene rings is 1. The molecule has 0 unspecified atom stereocenters. The van der Waals surface area contributed by atoms with Gasteiger partial charge < -0.3 is 20.1 Å². The first-order chi connectivity index (χ1) is 10.4. The summed E-state index contributed by atoms with van der Waals surface area (Å²) in [6, 6.07) is 8.97. The predicted octanol–water partition coefficient (Wildman–Crippen LogP) is 1.55. The molecular formula is C17H24N2O2. The SMILES string of the molecule is OC[C@H]1C=C[C@@H](NCc2ccccc2N2CCOCC2)C1. The number of aliphatic hydroxyl groups excluding tert-OH is 1. The highest BCUT2D eigenvalue weighted by Crippen LogP contribution is 2.23. The lowest BCUT2D eigenvalue weighted by Crippen LogP contribution is -2.37. The topological polar surface area (TPSA) is 44.7 Å². The lowest BCUT2D eigenvalue weighted by Gasteiger charge is -2.31. The first kappa shape index (κ1) is 14.6. The van der Waals surface area contributed by atoms with Gasteiger partial charge in [0, 0.05) is 43.9 Å². The normalized spacial score (nSPS) is 25.5. The van der Waals surface area contributed by atoms with Crippen molar-refractivity contribution in [3.63, 3.8) is 0 Å². The molecule has 1 saturated heterocycles. The van der Waals surface area contributed by atoms with E-state index in [1.807, 2.05) is 0 Å². The summed E-state index contributed by atoms with van der Waals surface area (Å²) in [5.74, 6) is 0.317. The standard InChI is InChI=1S/C17H24N2O2/c20-13-14-5-6-16(11-14)18-12-15-3-1-2-4-17(15)19-7-9-21-10-8-19/h1-6,14,16,18,20H,7-13H2/t14-,16+/m0/s1. The Morgan fingerprint density at radius 1 is 1.19 bits per heavy atom. The van der Waals surface area contributed by atoms with Gasteiger partial charge >= 0.3 is 0 Å². The first-order valence-electron chi connectivity index (χ1n) is 7.80. The number of rotatable bonds is 5. The molecule has 2 N–H and O–H groups in total. The number of hydrogen-bond acceptors (Lipinski definition) is 4. The number of hydrogen-bond donors (Lipinski definition) is 2. The third-order valence-electron chi connectivity index (χ3n) is 4.30. The van der Waals surface area contributed by atoms with E-state index in [1.54, 1.807) is 0 Å². The Morgan fingerprint density at radius 3 is 2.76 bits per heavy atom. The Kier molecular flexibility index (Phi) is 4.91. The van der Waals surface area contributed by atoms with Gasteiger partial charge in [0.15, 0.2) is 0 Å². The highest BCUT2D eigenvalue weighted by molar-refractivity contribution is 5.54. The molecule has 1 aromatic rings. The molecule has 0 amide bonds. The van der Waals surface area contributed by atoms with Crippen molar-refractivity contribution in [2.24, 2.45) is 5.92 Å². The number of para-hydroxylation sites is 1. The average molecular weight is 288 g/mol. The molecule has 0 aromatic heterocycles. The van der Waals surface area contributed by atoms with Crippen LogP contribution < -0.4 is 10.2 Å². The molecule has 1 fully saturated rings. The van der Waals surface area contributed by atoms with Crippen molar-refractivity contribution >= 4 is 5.69 Å². The van der Waals surface area contributed by atoms with E-state index in [4.69, 9.17) is 4.74 Å². The number of nitrogens with one attached hydrogen (secondary N) is 1. The van der Waals surface area contributed by atoms with Gasteiger partial charge in [-0.2, -0.15) is 0 Å². The molecule has 0 saturated carbocycles. The van der Waals surface area contributed by atoms with Gasteiger partial charge in [-0.05, 0) is 18.1 Å². The Bertz CT molecular complexity index is 483. The van der Waals surface area contributed by atoms with Crippen LogP contribution in [0.15, 0.2) is 36.4 Å². The van der Waals surface area contributed by atoms with Crippen LogP contribution in [0.3, 0.4) is 0 Å². The summed E-state index contributed by atoms with van der Waals surface area (Å²) in [6.45, 7) is 4.66.